The van der Waals surface area contributed by atoms with Crippen LogP contribution in [0.25, 0.3) is 0 Å². The number of anilines is 2. The Kier molecular flexibility index (Phi) is 7.32. The molecule has 188 valence electrons. The van der Waals surface area contributed by atoms with Crippen LogP contribution in [0.2, 0.25) is 0 Å². The second kappa shape index (κ2) is 10.2. The maximum absolute atomic E-state index is 13.3. The Balaban J connectivity index is 1.42. The molecule has 0 atom stereocenters. The second-order valence-electron chi connectivity index (χ2n) is 8.83. The summed E-state index contributed by atoms with van der Waals surface area (Å²) >= 11 is 0. The number of amides is 2. The molecule has 0 aliphatic carbocycles. The minimum absolute atomic E-state index is 0.0469. The molecule has 1 fully saturated rings. The maximum Gasteiger partial charge on any atom is 0.243 e. The minimum Gasteiger partial charge on any atom is -0.497 e. The number of benzene rings is 2. The van der Waals surface area contributed by atoms with Crippen LogP contribution in [0.4, 0.5) is 11.4 Å². The van der Waals surface area contributed by atoms with Crippen LogP contribution >= 0.6 is 0 Å². The average Bonchev–Trinajstić information content (AvgIpc) is 2.87. The van der Waals surface area contributed by atoms with Crippen molar-refractivity contribution < 1.29 is 27.5 Å². The van der Waals surface area contributed by atoms with Crippen molar-refractivity contribution in [3.05, 3.63) is 42.0 Å². The summed E-state index contributed by atoms with van der Waals surface area (Å²) in [5.74, 6) is 0.630. The first kappa shape index (κ1) is 25.0. The smallest absolute Gasteiger partial charge is 0.243 e. The van der Waals surface area contributed by atoms with E-state index in [4.69, 9.17) is 9.47 Å². The Morgan fingerprint density at radius 1 is 0.971 bits per heavy atom. The van der Waals surface area contributed by atoms with Gasteiger partial charge in [0.15, 0.2) is 0 Å². The van der Waals surface area contributed by atoms with Crippen LogP contribution in [0.1, 0.15) is 31.7 Å². The first-order chi connectivity index (χ1) is 16.7. The molecule has 10 heteroatoms. The summed E-state index contributed by atoms with van der Waals surface area (Å²) in [5.41, 5.74) is 2.22. The molecule has 0 saturated carbocycles. The van der Waals surface area contributed by atoms with E-state index in [1.807, 2.05) is 0 Å². The molecular weight excluding hydrogens is 470 g/mol. The van der Waals surface area contributed by atoms with Gasteiger partial charge in [0.1, 0.15) is 11.5 Å². The Labute approximate surface area is 206 Å². The number of nitrogens with one attached hydrogen (secondary N) is 1. The highest BCUT2D eigenvalue weighted by molar-refractivity contribution is 7.89. The van der Waals surface area contributed by atoms with Crippen LogP contribution in [-0.2, 0) is 26.0 Å². The molecule has 0 radical (unpaired) electrons. The molecule has 2 aliphatic rings. The molecule has 0 aromatic heterocycles. The van der Waals surface area contributed by atoms with Gasteiger partial charge in [-0.2, -0.15) is 4.31 Å². The lowest BCUT2D eigenvalue weighted by molar-refractivity contribution is -0.121. The van der Waals surface area contributed by atoms with Gasteiger partial charge in [0.25, 0.3) is 0 Å². The summed E-state index contributed by atoms with van der Waals surface area (Å²) in [5, 5.41) is 2.89. The van der Waals surface area contributed by atoms with Gasteiger partial charge in [-0.05, 0) is 49.4 Å². The minimum atomic E-state index is -3.69. The zero-order valence-corrected chi connectivity index (χ0v) is 21.1. The van der Waals surface area contributed by atoms with Crippen molar-refractivity contribution in [3.63, 3.8) is 0 Å². The van der Waals surface area contributed by atoms with Gasteiger partial charge < -0.3 is 19.7 Å². The second-order valence-corrected chi connectivity index (χ2v) is 10.8. The van der Waals surface area contributed by atoms with Crippen molar-refractivity contribution in [3.8, 4) is 11.5 Å². The van der Waals surface area contributed by atoms with Gasteiger partial charge in [0.05, 0.1) is 19.1 Å². The largest absolute Gasteiger partial charge is 0.497 e. The van der Waals surface area contributed by atoms with Gasteiger partial charge >= 0.3 is 0 Å². The Hall–Kier alpha value is -3.11. The number of piperidine rings is 1. The van der Waals surface area contributed by atoms with Gasteiger partial charge in [0, 0.05) is 62.0 Å². The standard InChI is InChI=1S/C25H31N3O6S/c1-17(29)28-10-4-5-19-13-23(6-7-24(19)28)35(31,32)27-11-8-18(9-12-27)25(30)26-20-14-21(33-2)16-22(15-20)34-3/h6-7,13-16,18H,4-5,8-12H2,1-3H3,(H,26,30). The summed E-state index contributed by atoms with van der Waals surface area (Å²) in [6.45, 7) is 2.69. The molecule has 2 heterocycles. The molecule has 2 aliphatic heterocycles. The van der Waals surface area contributed by atoms with Crippen molar-refractivity contribution in [2.24, 2.45) is 5.92 Å². The van der Waals surface area contributed by atoms with E-state index in [-0.39, 0.29) is 35.7 Å². The molecule has 0 bridgehead atoms. The topological polar surface area (TPSA) is 105 Å². The van der Waals surface area contributed by atoms with E-state index in [1.54, 1.807) is 55.5 Å². The van der Waals surface area contributed by atoms with Crippen LogP contribution in [0.3, 0.4) is 0 Å². The summed E-state index contributed by atoms with van der Waals surface area (Å²) in [4.78, 5) is 26.7. The van der Waals surface area contributed by atoms with Crippen molar-refractivity contribution in [2.45, 2.75) is 37.5 Å². The highest BCUT2D eigenvalue weighted by Crippen LogP contribution is 2.32. The van der Waals surface area contributed by atoms with Gasteiger partial charge in [-0.25, -0.2) is 8.42 Å². The van der Waals surface area contributed by atoms with E-state index in [9.17, 15) is 18.0 Å². The first-order valence-electron chi connectivity index (χ1n) is 11.7. The van der Waals surface area contributed by atoms with E-state index in [2.05, 4.69) is 5.32 Å². The fraction of sp³-hybridized carbons (Fsp3) is 0.440. The average molecular weight is 502 g/mol. The van der Waals surface area contributed by atoms with E-state index in [1.165, 1.54) is 11.2 Å². The summed E-state index contributed by atoms with van der Waals surface area (Å²) in [6.07, 6.45) is 2.39. The van der Waals surface area contributed by atoms with Crippen LogP contribution < -0.4 is 19.7 Å². The number of rotatable bonds is 6. The lowest BCUT2D eigenvalue weighted by Crippen LogP contribution is -2.41. The molecule has 35 heavy (non-hydrogen) atoms. The van der Waals surface area contributed by atoms with Crippen LogP contribution in [-0.4, -0.2) is 58.4 Å². The molecule has 1 saturated heterocycles. The number of methoxy groups -OCH3 is 2. The molecule has 0 unspecified atom stereocenters. The fourth-order valence-electron chi connectivity index (χ4n) is 4.69. The lowest BCUT2D eigenvalue weighted by Gasteiger charge is -2.32. The highest BCUT2D eigenvalue weighted by Gasteiger charge is 2.33. The number of hydrogen-bond donors (Lipinski definition) is 1. The normalized spacial score (nSPS) is 16.9. The molecular formula is C25H31N3O6S. The van der Waals surface area contributed by atoms with Gasteiger partial charge in [0.2, 0.25) is 21.8 Å². The van der Waals surface area contributed by atoms with Crippen LogP contribution in [0.5, 0.6) is 11.5 Å². The Morgan fingerprint density at radius 3 is 2.23 bits per heavy atom. The molecule has 2 amide bonds. The van der Waals surface area contributed by atoms with E-state index in [0.717, 1.165) is 24.1 Å². The third-order valence-electron chi connectivity index (χ3n) is 6.63. The molecule has 2 aromatic rings. The predicted octanol–water partition coefficient (Wildman–Crippen LogP) is 3.04. The summed E-state index contributed by atoms with van der Waals surface area (Å²) < 4.78 is 38.6. The predicted molar refractivity (Wildman–Crippen MR) is 132 cm³/mol. The maximum atomic E-state index is 13.3. The summed E-state index contributed by atoms with van der Waals surface area (Å²) in [6, 6.07) is 10.1. The molecule has 1 N–H and O–H groups in total. The third-order valence-corrected chi connectivity index (χ3v) is 8.53. The van der Waals surface area contributed by atoms with Crippen molar-refractivity contribution >= 4 is 33.2 Å². The zero-order valence-electron chi connectivity index (χ0n) is 20.2. The molecule has 2 aromatic carbocycles. The number of aryl methyl sites for hydroxylation is 1. The van der Waals surface area contributed by atoms with Crippen LogP contribution in [0, 0.1) is 5.92 Å². The van der Waals surface area contributed by atoms with Crippen molar-refractivity contribution in [2.75, 3.05) is 44.1 Å². The van der Waals surface area contributed by atoms with Gasteiger partial charge in [-0.1, -0.05) is 0 Å². The van der Waals surface area contributed by atoms with Gasteiger partial charge in [-0.15, -0.1) is 0 Å². The molecule has 9 nitrogen and oxygen atoms in total. The third kappa shape index (κ3) is 5.28. The monoisotopic (exact) mass is 501 g/mol. The molecule has 4 rings (SSSR count). The Bertz CT molecular complexity index is 1200. The van der Waals surface area contributed by atoms with E-state index < -0.39 is 10.0 Å². The van der Waals surface area contributed by atoms with E-state index >= 15 is 0 Å². The highest BCUT2D eigenvalue weighted by atomic mass is 32.2. The van der Waals surface area contributed by atoms with Crippen molar-refractivity contribution in [1.29, 1.82) is 0 Å². The van der Waals surface area contributed by atoms with Gasteiger partial charge in [-0.3, -0.25) is 9.59 Å². The number of hydrogen-bond acceptors (Lipinski definition) is 6. The van der Waals surface area contributed by atoms with Crippen LogP contribution in [0.15, 0.2) is 41.3 Å². The fourth-order valence-corrected chi connectivity index (χ4v) is 6.21. The number of ether oxygens (including phenoxy) is 2. The molecule has 0 spiro atoms. The number of carbonyl (C=O) groups is 2. The van der Waals surface area contributed by atoms with Crippen molar-refractivity contribution in [1.82, 2.24) is 4.31 Å². The lowest BCUT2D eigenvalue weighted by atomic mass is 9.97. The SMILES string of the molecule is COc1cc(NC(=O)C2CCN(S(=O)(=O)c3ccc4c(c3)CCCN4C(C)=O)CC2)cc(OC)c1. The Morgan fingerprint density at radius 2 is 1.63 bits per heavy atom. The zero-order chi connectivity index (χ0) is 25.2. The quantitative estimate of drug-likeness (QED) is 0.652. The number of nitrogens with zero attached hydrogens (tertiary/aromatic N) is 2. The summed E-state index contributed by atoms with van der Waals surface area (Å²) in [7, 11) is -0.614. The number of sulfonamides is 1. The first-order valence-corrected chi connectivity index (χ1v) is 13.1. The van der Waals surface area contributed by atoms with E-state index in [0.29, 0.717) is 36.6 Å². The number of fused-ring (bicyclic) bond motifs is 1. The number of carbonyl (C=O) groups excluding carboxylic acids is 2.